The first-order valence-corrected chi connectivity index (χ1v) is 8.62. The van der Waals surface area contributed by atoms with Gasteiger partial charge in [-0.3, -0.25) is 4.79 Å². The molecule has 1 aromatic heterocycles. The highest BCUT2D eigenvalue weighted by atomic mass is 32.2. The smallest absolute Gasteiger partial charge is 0.230 e. The van der Waals surface area contributed by atoms with E-state index < -0.39 is 0 Å². The number of anilines is 2. The Balaban J connectivity index is 2.08. The van der Waals surface area contributed by atoms with Crippen LogP contribution in [0.5, 0.6) is 5.75 Å². The standard InChI is InChI=1S/C14H18N4O2S2/c1-3-11(12(15)19)21-14-18-17-13(22-14)16-9-7-5-6-8-10(9)20-4-2/h5-8,11H,3-4H2,1-2H3,(H2,15,19)(H,16,17). The Morgan fingerprint density at radius 3 is 2.86 bits per heavy atom. The largest absolute Gasteiger partial charge is 0.492 e. The Morgan fingerprint density at radius 1 is 1.41 bits per heavy atom. The number of nitrogens with two attached hydrogens (primary N) is 1. The van der Waals surface area contributed by atoms with Crippen LogP contribution >= 0.6 is 23.1 Å². The van der Waals surface area contributed by atoms with Gasteiger partial charge in [-0.15, -0.1) is 10.2 Å². The number of para-hydroxylation sites is 2. The third kappa shape index (κ3) is 4.35. The van der Waals surface area contributed by atoms with Crippen LogP contribution in [-0.2, 0) is 4.79 Å². The van der Waals surface area contributed by atoms with Crippen LogP contribution in [0.4, 0.5) is 10.8 Å². The van der Waals surface area contributed by atoms with Crippen molar-refractivity contribution >= 4 is 39.8 Å². The lowest BCUT2D eigenvalue weighted by Gasteiger charge is -2.09. The molecule has 8 heteroatoms. The fraction of sp³-hybridized carbons (Fsp3) is 0.357. The maximum atomic E-state index is 11.3. The van der Waals surface area contributed by atoms with Crippen molar-refractivity contribution in [3.63, 3.8) is 0 Å². The van der Waals surface area contributed by atoms with Crippen LogP contribution in [0.25, 0.3) is 0 Å². The first-order chi connectivity index (χ1) is 10.6. The average Bonchev–Trinajstić information content (AvgIpc) is 2.94. The molecule has 0 aliphatic carbocycles. The highest BCUT2D eigenvalue weighted by molar-refractivity contribution is 8.02. The van der Waals surface area contributed by atoms with Crippen LogP contribution < -0.4 is 15.8 Å². The number of hydrogen-bond donors (Lipinski definition) is 2. The molecule has 1 unspecified atom stereocenters. The van der Waals surface area contributed by atoms with Crippen LogP contribution in [-0.4, -0.2) is 28.0 Å². The molecule has 0 aliphatic heterocycles. The number of rotatable bonds is 8. The minimum atomic E-state index is -0.334. The van der Waals surface area contributed by atoms with Gasteiger partial charge in [0.15, 0.2) is 4.34 Å². The van der Waals surface area contributed by atoms with Crippen molar-refractivity contribution in [2.24, 2.45) is 5.73 Å². The third-order valence-corrected chi connectivity index (χ3v) is 5.07. The van der Waals surface area contributed by atoms with Gasteiger partial charge in [0, 0.05) is 0 Å². The number of benzene rings is 1. The van der Waals surface area contributed by atoms with E-state index in [1.165, 1.54) is 23.1 Å². The van der Waals surface area contributed by atoms with E-state index in [-0.39, 0.29) is 11.2 Å². The van der Waals surface area contributed by atoms with Crippen LogP contribution in [0.15, 0.2) is 28.6 Å². The summed E-state index contributed by atoms with van der Waals surface area (Å²) in [4.78, 5) is 11.3. The Bertz CT molecular complexity index is 633. The molecule has 1 heterocycles. The molecule has 2 rings (SSSR count). The fourth-order valence-electron chi connectivity index (χ4n) is 1.74. The van der Waals surface area contributed by atoms with Crippen LogP contribution in [0.3, 0.4) is 0 Å². The molecular weight excluding hydrogens is 320 g/mol. The number of carbonyl (C=O) groups is 1. The van der Waals surface area contributed by atoms with Crippen LogP contribution in [0, 0.1) is 0 Å². The minimum Gasteiger partial charge on any atom is -0.492 e. The van der Waals surface area contributed by atoms with E-state index >= 15 is 0 Å². The lowest BCUT2D eigenvalue weighted by molar-refractivity contribution is -0.117. The summed E-state index contributed by atoms with van der Waals surface area (Å²) in [6.07, 6.45) is 0.662. The maximum absolute atomic E-state index is 11.3. The van der Waals surface area contributed by atoms with E-state index in [0.717, 1.165) is 11.4 Å². The number of primary amides is 1. The summed E-state index contributed by atoms with van der Waals surface area (Å²) < 4.78 is 6.27. The molecule has 6 nitrogen and oxygen atoms in total. The summed E-state index contributed by atoms with van der Waals surface area (Å²) in [6.45, 7) is 4.44. The van der Waals surface area contributed by atoms with Gasteiger partial charge < -0.3 is 15.8 Å². The lowest BCUT2D eigenvalue weighted by atomic mass is 10.3. The predicted octanol–water partition coefficient (Wildman–Crippen LogP) is 3.04. The van der Waals surface area contributed by atoms with Gasteiger partial charge in [-0.2, -0.15) is 0 Å². The first kappa shape index (κ1) is 16.6. The van der Waals surface area contributed by atoms with E-state index in [0.29, 0.717) is 22.5 Å². The zero-order chi connectivity index (χ0) is 15.9. The van der Waals surface area contributed by atoms with Gasteiger partial charge in [-0.1, -0.05) is 42.2 Å². The van der Waals surface area contributed by atoms with Gasteiger partial charge in [0.25, 0.3) is 0 Å². The van der Waals surface area contributed by atoms with Gasteiger partial charge in [-0.05, 0) is 25.5 Å². The number of amides is 1. The lowest BCUT2D eigenvalue weighted by Crippen LogP contribution is -2.24. The Hall–Kier alpha value is -1.80. The number of nitrogens with zero attached hydrogens (tertiary/aromatic N) is 2. The highest BCUT2D eigenvalue weighted by Crippen LogP contribution is 2.33. The molecular formula is C14H18N4O2S2. The summed E-state index contributed by atoms with van der Waals surface area (Å²) >= 11 is 2.72. The molecule has 22 heavy (non-hydrogen) atoms. The molecule has 0 radical (unpaired) electrons. The van der Waals surface area contributed by atoms with Crippen molar-refractivity contribution in [3.8, 4) is 5.75 Å². The van der Waals surface area contributed by atoms with E-state index in [9.17, 15) is 4.79 Å². The fourth-order valence-corrected chi connectivity index (χ4v) is 3.62. The summed E-state index contributed by atoms with van der Waals surface area (Å²) in [5.74, 6) is 0.428. The Kier molecular flexibility index (Phi) is 6.02. The molecule has 3 N–H and O–H groups in total. The van der Waals surface area contributed by atoms with Gasteiger partial charge in [-0.25, -0.2) is 0 Å². The Labute approximate surface area is 137 Å². The first-order valence-electron chi connectivity index (χ1n) is 6.92. The van der Waals surface area contributed by atoms with E-state index in [1.54, 1.807) is 0 Å². The number of hydrogen-bond acceptors (Lipinski definition) is 7. The van der Waals surface area contributed by atoms with E-state index in [1.807, 2.05) is 38.1 Å². The quantitative estimate of drug-likeness (QED) is 0.719. The van der Waals surface area contributed by atoms with E-state index in [4.69, 9.17) is 10.5 Å². The van der Waals surface area contributed by atoms with Gasteiger partial charge >= 0.3 is 0 Å². The zero-order valence-corrected chi connectivity index (χ0v) is 14.0. The number of carbonyl (C=O) groups excluding carboxylic acids is 1. The van der Waals surface area contributed by atoms with Crippen molar-refractivity contribution in [2.75, 3.05) is 11.9 Å². The van der Waals surface area contributed by atoms with Crippen molar-refractivity contribution in [3.05, 3.63) is 24.3 Å². The topological polar surface area (TPSA) is 90.1 Å². The summed E-state index contributed by atoms with van der Waals surface area (Å²) in [7, 11) is 0. The molecule has 2 aromatic rings. The number of aromatic nitrogens is 2. The van der Waals surface area contributed by atoms with Crippen LogP contribution in [0.1, 0.15) is 20.3 Å². The zero-order valence-electron chi connectivity index (χ0n) is 12.4. The summed E-state index contributed by atoms with van der Waals surface area (Å²) in [6, 6.07) is 7.64. The van der Waals surface area contributed by atoms with Crippen molar-refractivity contribution in [2.45, 2.75) is 29.9 Å². The number of ether oxygens (including phenoxy) is 1. The van der Waals surface area contributed by atoms with Crippen molar-refractivity contribution < 1.29 is 9.53 Å². The van der Waals surface area contributed by atoms with Crippen LogP contribution in [0.2, 0.25) is 0 Å². The highest BCUT2D eigenvalue weighted by Gasteiger charge is 2.17. The molecule has 0 fully saturated rings. The van der Waals surface area contributed by atoms with Gasteiger partial charge in [0.1, 0.15) is 5.75 Å². The van der Waals surface area contributed by atoms with Gasteiger partial charge in [0.05, 0.1) is 17.5 Å². The monoisotopic (exact) mass is 338 g/mol. The number of nitrogens with one attached hydrogen (secondary N) is 1. The molecule has 0 spiro atoms. The maximum Gasteiger partial charge on any atom is 0.230 e. The average molecular weight is 338 g/mol. The van der Waals surface area contributed by atoms with Crippen molar-refractivity contribution in [1.82, 2.24) is 10.2 Å². The Morgan fingerprint density at radius 2 is 2.18 bits per heavy atom. The third-order valence-electron chi connectivity index (χ3n) is 2.77. The molecule has 0 saturated carbocycles. The second kappa shape index (κ2) is 8.00. The molecule has 118 valence electrons. The van der Waals surface area contributed by atoms with Gasteiger partial charge in [0.2, 0.25) is 11.0 Å². The molecule has 1 atom stereocenters. The molecule has 0 saturated heterocycles. The van der Waals surface area contributed by atoms with Crippen molar-refractivity contribution in [1.29, 1.82) is 0 Å². The van der Waals surface area contributed by atoms with E-state index in [2.05, 4.69) is 15.5 Å². The second-order valence-electron chi connectivity index (χ2n) is 4.34. The minimum absolute atomic E-state index is 0.281. The normalized spacial score (nSPS) is 11.9. The SMILES string of the molecule is CCOc1ccccc1Nc1nnc(SC(CC)C(N)=O)s1. The molecule has 0 bridgehead atoms. The molecule has 0 aliphatic rings. The predicted molar refractivity (Wildman–Crippen MR) is 89.9 cm³/mol. The summed E-state index contributed by atoms with van der Waals surface area (Å²) in [5.41, 5.74) is 6.18. The second-order valence-corrected chi connectivity index (χ2v) is 6.77. The number of thioether (sulfide) groups is 1. The molecule has 1 amide bonds. The molecule has 1 aromatic carbocycles. The summed E-state index contributed by atoms with van der Waals surface area (Å²) in [5, 5.41) is 11.7.